The number of hydrogen-bond donors (Lipinski definition) is 0. The number of amides is 4. The molecule has 4 amide bonds. The van der Waals surface area contributed by atoms with Gasteiger partial charge in [0.1, 0.15) is 0 Å². The number of carbonyl (C=O) groups is 6. The highest BCUT2D eigenvalue weighted by Crippen LogP contribution is 2.17. The number of rotatable bonds is 6. The Labute approximate surface area is 136 Å². The zero-order valence-corrected chi connectivity index (χ0v) is 13.0. The van der Waals surface area contributed by atoms with Gasteiger partial charge < -0.3 is 9.68 Å². The third-order valence-corrected chi connectivity index (χ3v) is 3.57. The average molecular weight is 340 g/mol. The normalized spacial score (nSPS) is 19.0. The van der Waals surface area contributed by atoms with Gasteiger partial charge in [-0.3, -0.25) is 19.2 Å². The summed E-state index contributed by atoms with van der Waals surface area (Å²) in [6.45, 7) is 1.45. The topological polar surface area (TPSA) is 127 Å². The van der Waals surface area contributed by atoms with Gasteiger partial charge in [-0.1, -0.05) is 6.92 Å². The van der Waals surface area contributed by atoms with Crippen molar-refractivity contribution in [2.75, 3.05) is 0 Å². The minimum atomic E-state index is -0.841. The number of hydrogen-bond acceptors (Lipinski definition) is 8. The van der Waals surface area contributed by atoms with Gasteiger partial charge in [0.15, 0.2) is 0 Å². The summed E-state index contributed by atoms with van der Waals surface area (Å²) < 4.78 is 0. The van der Waals surface area contributed by atoms with E-state index >= 15 is 0 Å². The molecule has 2 aliphatic heterocycles. The van der Waals surface area contributed by atoms with Crippen molar-refractivity contribution in [3.05, 3.63) is 0 Å². The summed E-state index contributed by atoms with van der Waals surface area (Å²) in [5.74, 6) is -4.83. The van der Waals surface area contributed by atoms with E-state index < -0.39 is 41.5 Å². The molecule has 130 valence electrons. The van der Waals surface area contributed by atoms with E-state index in [9.17, 15) is 28.8 Å². The van der Waals surface area contributed by atoms with Crippen LogP contribution in [0.25, 0.3) is 0 Å². The maximum absolute atomic E-state index is 11.8. The molecular weight excluding hydrogens is 324 g/mol. The summed E-state index contributed by atoms with van der Waals surface area (Å²) in [6.07, 6.45) is -0.270. The van der Waals surface area contributed by atoms with Crippen LogP contribution in [0.3, 0.4) is 0 Å². The Balaban J connectivity index is 1.76. The van der Waals surface area contributed by atoms with E-state index in [-0.39, 0.29) is 38.5 Å². The summed E-state index contributed by atoms with van der Waals surface area (Å²) in [6, 6.07) is 0. The second-order valence-electron chi connectivity index (χ2n) is 5.48. The maximum Gasteiger partial charge on any atom is 0.335 e. The van der Waals surface area contributed by atoms with E-state index in [1.54, 1.807) is 0 Å². The van der Waals surface area contributed by atoms with Crippen LogP contribution in [0.4, 0.5) is 0 Å². The Morgan fingerprint density at radius 2 is 1.29 bits per heavy atom. The Morgan fingerprint density at radius 3 is 1.75 bits per heavy atom. The smallest absolute Gasteiger partial charge is 0.330 e. The first-order chi connectivity index (χ1) is 11.3. The second kappa shape index (κ2) is 7.20. The summed E-state index contributed by atoms with van der Waals surface area (Å²) in [7, 11) is 0. The van der Waals surface area contributed by atoms with E-state index in [2.05, 4.69) is 4.84 Å². The van der Waals surface area contributed by atoms with Crippen LogP contribution in [0.5, 0.6) is 0 Å². The monoisotopic (exact) mass is 340 g/mol. The van der Waals surface area contributed by atoms with Gasteiger partial charge in [-0.15, -0.1) is 10.1 Å². The molecule has 0 N–H and O–H groups in total. The molecule has 2 heterocycles. The lowest BCUT2D eigenvalue weighted by Gasteiger charge is -2.16. The molecule has 2 fully saturated rings. The summed E-state index contributed by atoms with van der Waals surface area (Å²) >= 11 is 0. The minimum Gasteiger partial charge on any atom is -0.330 e. The first kappa shape index (κ1) is 17.6. The largest absolute Gasteiger partial charge is 0.335 e. The molecule has 2 saturated heterocycles. The van der Waals surface area contributed by atoms with Crippen LogP contribution < -0.4 is 0 Å². The van der Waals surface area contributed by atoms with Crippen molar-refractivity contribution in [2.24, 2.45) is 5.92 Å². The van der Waals surface area contributed by atoms with Crippen molar-refractivity contribution in [3.8, 4) is 0 Å². The molecule has 1 atom stereocenters. The molecule has 0 aliphatic carbocycles. The number of nitrogens with zero attached hydrogens (tertiary/aromatic N) is 2. The maximum atomic E-state index is 11.8. The van der Waals surface area contributed by atoms with E-state index in [0.717, 1.165) is 0 Å². The fourth-order valence-corrected chi connectivity index (χ4v) is 2.10. The van der Waals surface area contributed by atoms with Gasteiger partial charge in [0, 0.05) is 32.1 Å². The Morgan fingerprint density at radius 1 is 0.875 bits per heavy atom. The third kappa shape index (κ3) is 3.94. The molecule has 0 saturated carbocycles. The van der Waals surface area contributed by atoms with Crippen molar-refractivity contribution in [1.29, 1.82) is 0 Å². The van der Waals surface area contributed by atoms with Crippen molar-refractivity contribution in [1.82, 2.24) is 10.1 Å². The summed E-state index contributed by atoms with van der Waals surface area (Å²) in [5.41, 5.74) is 0. The van der Waals surface area contributed by atoms with Crippen LogP contribution in [-0.2, 0) is 38.4 Å². The highest BCUT2D eigenvalue weighted by Gasteiger charge is 2.35. The van der Waals surface area contributed by atoms with Crippen molar-refractivity contribution in [2.45, 2.75) is 45.4 Å². The molecule has 10 heteroatoms. The van der Waals surface area contributed by atoms with Gasteiger partial charge in [-0.25, -0.2) is 9.59 Å². The average Bonchev–Trinajstić information content (AvgIpc) is 3.02. The van der Waals surface area contributed by atoms with Crippen molar-refractivity contribution >= 4 is 35.6 Å². The van der Waals surface area contributed by atoms with Crippen LogP contribution >= 0.6 is 0 Å². The van der Waals surface area contributed by atoms with E-state index in [1.165, 1.54) is 6.92 Å². The molecule has 0 spiro atoms. The third-order valence-electron chi connectivity index (χ3n) is 3.57. The molecule has 2 rings (SSSR count). The zero-order chi connectivity index (χ0) is 17.9. The quantitative estimate of drug-likeness (QED) is 0.599. The highest BCUT2D eigenvalue weighted by molar-refractivity contribution is 6.02. The van der Waals surface area contributed by atoms with Crippen LogP contribution in [-0.4, -0.2) is 45.7 Å². The fourth-order valence-electron chi connectivity index (χ4n) is 2.10. The van der Waals surface area contributed by atoms with Crippen LogP contribution in [0.15, 0.2) is 0 Å². The molecule has 24 heavy (non-hydrogen) atoms. The molecule has 10 nitrogen and oxygen atoms in total. The van der Waals surface area contributed by atoms with Gasteiger partial charge in [-0.05, 0) is 6.42 Å². The van der Waals surface area contributed by atoms with Gasteiger partial charge in [0.2, 0.25) is 0 Å². The van der Waals surface area contributed by atoms with Gasteiger partial charge in [-0.2, -0.15) is 0 Å². The lowest BCUT2D eigenvalue weighted by Crippen LogP contribution is -2.34. The Bertz CT molecular complexity index is 582. The summed E-state index contributed by atoms with van der Waals surface area (Å²) in [5, 5.41) is 0.853. The van der Waals surface area contributed by atoms with E-state index in [1.807, 2.05) is 0 Å². The number of hydroxylamine groups is 4. The highest BCUT2D eigenvalue weighted by atomic mass is 16.7. The van der Waals surface area contributed by atoms with Gasteiger partial charge in [0.05, 0.1) is 5.92 Å². The summed E-state index contributed by atoms with van der Waals surface area (Å²) in [4.78, 5) is 78.1. The minimum absolute atomic E-state index is 0.00408. The first-order valence-electron chi connectivity index (χ1n) is 7.43. The van der Waals surface area contributed by atoms with Gasteiger partial charge >= 0.3 is 11.9 Å². The first-order valence-corrected chi connectivity index (χ1v) is 7.43. The molecule has 2 aliphatic rings. The number of carbonyl (C=O) groups excluding carboxylic acids is 6. The lowest BCUT2D eigenvalue weighted by molar-refractivity contribution is -0.201. The van der Waals surface area contributed by atoms with Crippen LogP contribution in [0.2, 0.25) is 0 Å². The molecule has 0 aromatic rings. The predicted octanol–water partition coefficient (Wildman–Crippen LogP) is -0.383. The lowest BCUT2D eigenvalue weighted by atomic mass is 10.1. The van der Waals surface area contributed by atoms with Crippen LogP contribution in [0, 0.1) is 5.92 Å². The predicted molar refractivity (Wildman–Crippen MR) is 72.8 cm³/mol. The number of imide groups is 2. The molecule has 0 unspecified atom stereocenters. The van der Waals surface area contributed by atoms with Gasteiger partial charge in [0.25, 0.3) is 23.6 Å². The van der Waals surface area contributed by atoms with Crippen molar-refractivity contribution < 1.29 is 38.4 Å². The molecule has 0 aromatic carbocycles. The van der Waals surface area contributed by atoms with E-state index in [0.29, 0.717) is 10.1 Å². The Kier molecular flexibility index (Phi) is 5.27. The van der Waals surface area contributed by atoms with E-state index in [4.69, 9.17) is 4.84 Å². The second-order valence-corrected chi connectivity index (χ2v) is 5.48. The van der Waals surface area contributed by atoms with Crippen molar-refractivity contribution in [3.63, 3.8) is 0 Å². The SMILES string of the molecule is C[C@@H](CCC(=O)ON1C(=O)CCC1=O)C(=O)ON1C(=O)CCC1=O. The zero-order valence-electron chi connectivity index (χ0n) is 13.0. The Hall–Kier alpha value is -2.78. The molecule has 0 radical (unpaired) electrons. The molecule has 0 aromatic heterocycles. The molecular formula is C14H16N2O8. The van der Waals surface area contributed by atoms with Crippen LogP contribution in [0.1, 0.15) is 45.4 Å². The fraction of sp³-hybridized carbons (Fsp3) is 0.571. The standard InChI is InChI=1S/C14H16N2O8/c1-8(14(22)24-16-11(19)5-6-12(16)20)2-7-13(21)23-15-9(17)3-4-10(15)18/h8H,2-7H2,1H3/t8-/m0/s1. The molecule has 0 bridgehead atoms.